The fourth-order valence-electron chi connectivity index (χ4n) is 2.68. The van der Waals surface area contributed by atoms with Gasteiger partial charge in [0.15, 0.2) is 6.61 Å². The van der Waals surface area contributed by atoms with E-state index in [2.05, 4.69) is 11.4 Å². The molecule has 22 heavy (non-hydrogen) atoms. The van der Waals surface area contributed by atoms with Gasteiger partial charge in [0, 0.05) is 0 Å². The Morgan fingerprint density at radius 1 is 1.32 bits per heavy atom. The average molecular weight is 320 g/mol. The Bertz CT molecular complexity index is 705. The van der Waals surface area contributed by atoms with E-state index in [-0.39, 0.29) is 23.6 Å². The van der Waals surface area contributed by atoms with Gasteiger partial charge in [-0.15, -0.1) is 0 Å². The van der Waals surface area contributed by atoms with E-state index in [9.17, 15) is 9.18 Å². The minimum absolute atomic E-state index is 0.0241. The van der Waals surface area contributed by atoms with Gasteiger partial charge in [-0.2, -0.15) is 0 Å². The third kappa shape index (κ3) is 3.22. The number of carbonyl (C=O) groups is 1. The number of hydrogen-bond acceptors (Lipinski definition) is 2. The van der Waals surface area contributed by atoms with Gasteiger partial charge in [0.05, 0.1) is 11.1 Å². The molecule has 0 bridgehead atoms. The minimum atomic E-state index is -0.440. The van der Waals surface area contributed by atoms with Crippen molar-refractivity contribution in [1.82, 2.24) is 5.32 Å². The predicted octanol–water partition coefficient (Wildman–Crippen LogP) is 3.66. The number of ether oxygens (including phenoxy) is 1. The molecule has 1 amide bonds. The maximum absolute atomic E-state index is 12.9. The summed E-state index contributed by atoms with van der Waals surface area (Å²) < 4.78 is 18.3. The molecule has 0 radical (unpaired) electrons. The van der Waals surface area contributed by atoms with Gasteiger partial charge in [-0.3, -0.25) is 4.79 Å². The van der Waals surface area contributed by atoms with Crippen molar-refractivity contribution in [1.29, 1.82) is 0 Å². The Kier molecular flexibility index (Phi) is 4.29. The second-order valence-electron chi connectivity index (χ2n) is 5.22. The van der Waals surface area contributed by atoms with Gasteiger partial charge in [-0.1, -0.05) is 35.9 Å². The molecular formula is C17H15ClFNO2. The van der Waals surface area contributed by atoms with E-state index in [4.69, 9.17) is 16.3 Å². The molecule has 0 saturated heterocycles. The molecule has 1 N–H and O–H groups in total. The minimum Gasteiger partial charge on any atom is -0.482 e. The molecule has 1 aliphatic carbocycles. The van der Waals surface area contributed by atoms with E-state index < -0.39 is 5.82 Å². The lowest BCUT2D eigenvalue weighted by Gasteiger charge is -2.15. The Morgan fingerprint density at radius 3 is 2.95 bits per heavy atom. The van der Waals surface area contributed by atoms with Gasteiger partial charge in [-0.05, 0) is 42.2 Å². The maximum Gasteiger partial charge on any atom is 0.258 e. The summed E-state index contributed by atoms with van der Waals surface area (Å²) in [5.41, 5.74) is 2.44. The Balaban J connectivity index is 1.57. The molecule has 0 unspecified atom stereocenters. The van der Waals surface area contributed by atoms with E-state index in [0.29, 0.717) is 5.75 Å². The average Bonchev–Trinajstić information content (AvgIpc) is 2.90. The summed E-state index contributed by atoms with van der Waals surface area (Å²) in [7, 11) is 0. The van der Waals surface area contributed by atoms with Crippen molar-refractivity contribution in [3.63, 3.8) is 0 Å². The number of fused-ring (bicyclic) bond motifs is 1. The number of halogens is 2. The summed E-state index contributed by atoms with van der Waals surface area (Å²) >= 11 is 5.85. The first-order valence-corrected chi connectivity index (χ1v) is 7.46. The molecule has 0 heterocycles. The van der Waals surface area contributed by atoms with Crippen molar-refractivity contribution < 1.29 is 13.9 Å². The van der Waals surface area contributed by atoms with Crippen LogP contribution < -0.4 is 10.1 Å². The molecule has 3 rings (SSSR count). The first-order valence-electron chi connectivity index (χ1n) is 7.08. The lowest BCUT2D eigenvalue weighted by Crippen LogP contribution is -2.31. The van der Waals surface area contributed by atoms with E-state index in [1.165, 1.54) is 17.7 Å². The van der Waals surface area contributed by atoms with E-state index in [1.54, 1.807) is 0 Å². The molecule has 0 aliphatic heterocycles. The van der Waals surface area contributed by atoms with Crippen LogP contribution in [0.5, 0.6) is 5.75 Å². The van der Waals surface area contributed by atoms with Crippen LogP contribution >= 0.6 is 11.6 Å². The van der Waals surface area contributed by atoms with Gasteiger partial charge < -0.3 is 10.1 Å². The SMILES string of the molecule is O=C(COc1ccc(F)cc1Cl)N[C@@H]1CCc2ccccc21. The molecular weight excluding hydrogens is 305 g/mol. The fourth-order valence-corrected chi connectivity index (χ4v) is 2.90. The van der Waals surface area contributed by atoms with Gasteiger partial charge in [0.1, 0.15) is 11.6 Å². The molecule has 2 aromatic rings. The topological polar surface area (TPSA) is 38.3 Å². The second-order valence-corrected chi connectivity index (χ2v) is 5.63. The van der Waals surface area contributed by atoms with Crippen LogP contribution in [0.25, 0.3) is 0 Å². The van der Waals surface area contributed by atoms with Crippen molar-refractivity contribution in [2.45, 2.75) is 18.9 Å². The van der Waals surface area contributed by atoms with Gasteiger partial charge >= 0.3 is 0 Å². The lowest BCUT2D eigenvalue weighted by molar-refractivity contribution is -0.123. The molecule has 0 aromatic heterocycles. The molecule has 3 nitrogen and oxygen atoms in total. The zero-order valence-electron chi connectivity index (χ0n) is 11.8. The first-order chi connectivity index (χ1) is 10.6. The highest BCUT2D eigenvalue weighted by atomic mass is 35.5. The van der Waals surface area contributed by atoms with E-state index in [0.717, 1.165) is 24.5 Å². The number of carbonyl (C=O) groups excluding carboxylic acids is 1. The van der Waals surface area contributed by atoms with E-state index in [1.807, 2.05) is 18.2 Å². The molecule has 0 saturated carbocycles. The number of nitrogens with one attached hydrogen (secondary N) is 1. The van der Waals surface area contributed by atoms with Crippen LogP contribution in [0.3, 0.4) is 0 Å². The van der Waals surface area contributed by atoms with Crippen LogP contribution in [0.4, 0.5) is 4.39 Å². The Hall–Kier alpha value is -2.07. The summed E-state index contributed by atoms with van der Waals surface area (Å²) in [6, 6.07) is 11.9. The van der Waals surface area contributed by atoms with Crippen LogP contribution in [0, 0.1) is 5.82 Å². The monoisotopic (exact) mass is 319 g/mol. The molecule has 1 atom stereocenters. The summed E-state index contributed by atoms with van der Waals surface area (Å²) in [5.74, 6) is -0.364. The van der Waals surface area contributed by atoms with Gasteiger partial charge in [-0.25, -0.2) is 4.39 Å². The number of aryl methyl sites for hydroxylation is 1. The van der Waals surface area contributed by atoms with Crippen molar-refractivity contribution in [3.8, 4) is 5.75 Å². The fraction of sp³-hybridized carbons (Fsp3) is 0.235. The number of rotatable bonds is 4. The number of amides is 1. The van der Waals surface area contributed by atoms with Crippen LogP contribution in [0.15, 0.2) is 42.5 Å². The molecule has 0 fully saturated rings. The standard InChI is InChI=1S/C17H15ClFNO2/c18-14-9-12(19)6-8-16(14)22-10-17(21)20-15-7-5-11-3-1-2-4-13(11)15/h1-4,6,8-9,15H,5,7,10H2,(H,20,21)/t15-/m1/s1. The quantitative estimate of drug-likeness (QED) is 0.934. The van der Waals surface area contributed by atoms with Crippen molar-refractivity contribution in [2.75, 3.05) is 6.61 Å². The van der Waals surface area contributed by atoms with Crippen molar-refractivity contribution in [2.24, 2.45) is 0 Å². The molecule has 2 aromatic carbocycles. The molecule has 0 spiro atoms. The first kappa shape index (κ1) is 14.9. The zero-order valence-corrected chi connectivity index (χ0v) is 12.6. The van der Waals surface area contributed by atoms with E-state index >= 15 is 0 Å². The predicted molar refractivity (Wildman–Crippen MR) is 82.6 cm³/mol. The molecule has 114 valence electrons. The highest BCUT2D eigenvalue weighted by Crippen LogP contribution is 2.30. The number of benzene rings is 2. The van der Waals surface area contributed by atoms with Crippen LogP contribution in [-0.4, -0.2) is 12.5 Å². The third-order valence-electron chi connectivity index (χ3n) is 3.72. The van der Waals surface area contributed by atoms with Crippen LogP contribution in [0.1, 0.15) is 23.6 Å². The maximum atomic E-state index is 12.9. The molecule has 1 aliphatic rings. The highest BCUT2D eigenvalue weighted by Gasteiger charge is 2.23. The summed E-state index contributed by atoms with van der Waals surface area (Å²) in [5, 5.41) is 3.11. The van der Waals surface area contributed by atoms with Crippen LogP contribution in [0.2, 0.25) is 5.02 Å². The Labute approximate surface area is 133 Å². The third-order valence-corrected chi connectivity index (χ3v) is 4.02. The van der Waals surface area contributed by atoms with Crippen molar-refractivity contribution >= 4 is 17.5 Å². The molecule has 5 heteroatoms. The number of hydrogen-bond donors (Lipinski definition) is 1. The highest BCUT2D eigenvalue weighted by molar-refractivity contribution is 6.32. The normalized spacial score (nSPS) is 16.2. The van der Waals surface area contributed by atoms with Gasteiger partial charge in [0.25, 0.3) is 5.91 Å². The smallest absolute Gasteiger partial charge is 0.258 e. The Morgan fingerprint density at radius 2 is 2.14 bits per heavy atom. The lowest BCUT2D eigenvalue weighted by atomic mass is 10.1. The summed E-state index contributed by atoms with van der Waals surface area (Å²) in [6.45, 7) is -0.149. The van der Waals surface area contributed by atoms with Gasteiger partial charge in [0.2, 0.25) is 0 Å². The van der Waals surface area contributed by atoms with Crippen LogP contribution in [-0.2, 0) is 11.2 Å². The van der Waals surface area contributed by atoms with Crippen molar-refractivity contribution in [3.05, 3.63) is 64.4 Å². The zero-order chi connectivity index (χ0) is 15.5. The summed E-state index contributed by atoms with van der Waals surface area (Å²) in [6.07, 6.45) is 1.86. The summed E-state index contributed by atoms with van der Waals surface area (Å²) in [4.78, 5) is 12.0. The largest absolute Gasteiger partial charge is 0.482 e. The second kappa shape index (κ2) is 6.36.